The molecule has 0 unspecified atom stereocenters. The lowest BCUT2D eigenvalue weighted by Crippen LogP contribution is -2.00. The molecule has 5 nitrogen and oxygen atoms in total. The molecule has 0 atom stereocenters. The number of thiazole rings is 1. The second-order valence-corrected chi connectivity index (χ2v) is 5.94. The predicted octanol–water partition coefficient (Wildman–Crippen LogP) is 3.19. The SMILES string of the molecule is Cc1ccccc1-c1c(C#N)nnn1-c1nc(C)c(C)s1. The molecule has 0 aliphatic rings. The summed E-state index contributed by atoms with van der Waals surface area (Å²) < 4.78 is 1.66. The summed E-state index contributed by atoms with van der Waals surface area (Å²) in [5.41, 5.74) is 4.01. The normalized spacial score (nSPS) is 10.6. The Kier molecular flexibility index (Phi) is 3.28. The Balaban J connectivity index is 2.27. The highest BCUT2D eigenvalue weighted by Gasteiger charge is 2.19. The number of hydrogen-bond acceptors (Lipinski definition) is 5. The summed E-state index contributed by atoms with van der Waals surface area (Å²) in [6.45, 7) is 5.99. The smallest absolute Gasteiger partial charge is 0.212 e. The molecule has 0 amide bonds. The van der Waals surface area contributed by atoms with Crippen LogP contribution in [-0.4, -0.2) is 20.0 Å². The van der Waals surface area contributed by atoms with Gasteiger partial charge in [0.2, 0.25) is 5.13 Å². The van der Waals surface area contributed by atoms with E-state index in [0.717, 1.165) is 26.8 Å². The molecule has 21 heavy (non-hydrogen) atoms. The number of benzene rings is 1. The summed E-state index contributed by atoms with van der Waals surface area (Å²) in [6, 6.07) is 10.0. The van der Waals surface area contributed by atoms with Crippen LogP contribution in [-0.2, 0) is 0 Å². The molecule has 6 heteroatoms. The minimum absolute atomic E-state index is 0.315. The molecule has 3 aromatic rings. The van der Waals surface area contributed by atoms with Crippen LogP contribution in [0.5, 0.6) is 0 Å². The van der Waals surface area contributed by atoms with E-state index in [2.05, 4.69) is 21.4 Å². The van der Waals surface area contributed by atoms with Crippen LogP contribution < -0.4 is 0 Å². The van der Waals surface area contributed by atoms with Gasteiger partial charge in [0.05, 0.1) is 5.69 Å². The second kappa shape index (κ2) is 5.11. The summed E-state index contributed by atoms with van der Waals surface area (Å²) in [4.78, 5) is 5.65. The molecule has 0 saturated heterocycles. The van der Waals surface area contributed by atoms with Crippen LogP contribution in [0.1, 0.15) is 21.8 Å². The Morgan fingerprint density at radius 3 is 2.57 bits per heavy atom. The number of aryl methyl sites for hydroxylation is 3. The van der Waals surface area contributed by atoms with Gasteiger partial charge >= 0.3 is 0 Å². The lowest BCUT2D eigenvalue weighted by atomic mass is 10.0. The van der Waals surface area contributed by atoms with E-state index >= 15 is 0 Å². The van der Waals surface area contributed by atoms with Crippen molar-refractivity contribution in [2.45, 2.75) is 20.8 Å². The van der Waals surface area contributed by atoms with Crippen molar-refractivity contribution >= 4 is 11.3 Å². The summed E-state index contributed by atoms with van der Waals surface area (Å²) >= 11 is 1.55. The third-order valence-electron chi connectivity index (χ3n) is 3.37. The topological polar surface area (TPSA) is 67.4 Å². The number of hydrogen-bond donors (Lipinski definition) is 0. The number of nitrogens with zero attached hydrogens (tertiary/aromatic N) is 5. The van der Waals surface area contributed by atoms with Gasteiger partial charge < -0.3 is 0 Å². The Morgan fingerprint density at radius 1 is 1.19 bits per heavy atom. The van der Waals surface area contributed by atoms with Crippen molar-refractivity contribution in [3.63, 3.8) is 0 Å². The Hall–Kier alpha value is -2.52. The Bertz CT molecular complexity index is 834. The van der Waals surface area contributed by atoms with Crippen molar-refractivity contribution in [3.8, 4) is 22.5 Å². The minimum Gasteiger partial charge on any atom is -0.223 e. The van der Waals surface area contributed by atoms with Gasteiger partial charge in [-0.25, -0.2) is 4.98 Å². The van der Waals surface area contributed by atoms with Gasteiger partial charge in [-0.15, -0.1) is 5.10 Å². The average molecular weight is 295 g/mol. The first kappa shape index (κ1) is 13.5. The zero-order valence-corrected chi connectivity index (χ0v) is 12.8. The molecular weight excluding hydrogens is 282 g/mol. The van der Waals surface area contributed by atoms with Gasteiger partial charge in [-0.2, -0.15) is 9.94 Å². The molecule has 0 radical (unpaired) electrons. The molecule has 0 spiro atoms. The first-order valence-corrected chi connectivity index (χ1v) is 7.29. The minimum atomic E-state index is 0.315. The van der Waals surface area contributed by atoms with E-state index in [-0.39, 0.29) is 0 Å². The highest BCUT2D eigenvalue weighted by Crippen LogP contribution is 2.29. The van der Waals surface area contributed by atoms with Crippen molar-refractivity contribution in [2.24, 2.45) is 0 Å². The van der Waals surface area contributed by atoms with Gasteiger partial charge in [0.15, 0.2) is 5.69 Å². The maximum Gasteiger partial charge on any atom is 0.212 e. The third kappa shape index (κ3) is 2.22. The largest absolute Gasteiger partial charge is 0.223 e. The van der Waals surface area contributed by atoms with Crippen LogP contribution in [0.3, 0.4) is 0 Å². The molecule has 1 aromatic carbocycles. The maximum atomic E-state index is 9.31. The summed E-state index contributed by atoms with van der Waals surface area (Å²) in [7, 11) is 0. The van der Waals surface area contributed by atoms with E-state index < -0.39 is 0 Å². The summed E-state index contributed by atoms with van der Waals surface area (Å²) in [5.74, 6) is 0. The van der Waals surface area contributed by atoms with Gasteiger partial charge in [0.25, 0.3) is 0 Å². The van der Waals surface area contributed by atoms with Crippen LogP contribution in [0.4, 0.5) is 0 Å². The van der Waals surface area contributed by atoms with Crippen LogP contribution in [0.15, 0.2) is 24.3 Å². The zero-order chi connectivity index (χ0) is 15.0. The van der Waals surface area contributed by atoms with Crippen LogP contribution >= 0.6 is 11.3 Å². The third-order valence-corrected chi connectivity index (χ3v) is 4.42. The van der Waals surface area contributed by atoms with Crippen LogP contribution in [0, 0.1) is 32.1 Å². The number of aromatic nitrogens is 4. The number of rotatable bonds is 2. The molecule has 0 saturated carbocycles. The molecule has 0 aliphatic carbocycles. The Labute approximate surface area is 126 Å². The first-order valence-electron chi connectivity index (χ1n) is 6.48. The molecule has 2 aromatic heterocycles. The Morgan fingerprint density at radius 2 is 1.95 bits per heavy atom. The molecule has 3 rings (SSSR count). The van der Waals surface area contributed by atoms with E-state index in [4.69, 9.17) is 0 Å². The fourth-order valence-electron chi connectivity index (χ4n) is 2.12. The van der Waals surface area contributed by atoms with E-state index in [1.165, 1.54) is 0 Å². The fraction of sp³-hybridized carbons (Fsp3) is 0.200. The maximum absolute atomic E-state index is 9.31. The monoisotopic (exact) mass is 295 g/mol. The summed E-state index contributed by atoms with van der Waals surface area (Å²) in [5, 5.41) is 18.1. The lowest BCUT2D eigenvalue weighted by molar-refractivity contribution is 0.798. The lowest BCUT2D eigenvalue weighted by Gasteiger charge is -2.06. The average Bonchev–Trinajstić information content (AvgIpc) is 3.03. The fourth-order valence-corrected chi connectivity index (χ4v) is 2.98. The van der Waals surface area contributed by atoms with Crippen molar-refractivity contribution < 1.29 is 0 Å². The van der Waals surface area contributed by atoms with Crippen LogP contribution in [0.2, 0.25) is 0 Å². The quantitative estimate of drug-likeness (QED) is 0.728. The van der Waals surface area contributed by atoms with Crippen molar-refractivity contribution in [3.05, 3.63) is 46.1 Å². The molecule has 0 fully saturated rings. The van der Waals surface area contributed by atoms with E-state index in [1.807, 2.05) is 45.0 Å². The zero-order valence-electron chi connectivity index (χ0n) is 12.0. The second-order valence-electron chi connectivity index (χ2n) is 4.76. The van der Waals surface area contributed by atoms with Gasteiger partial charge in [-0.05, 0) is 26.3 Å². The van der Waals surface area contributed by atoms with Crippen molar-refractivity contribution in [2.75, 3.05) is 0 Å². The van der Waals surface area contributed by atoms with Crippen LogP contribution in [0.25, 0.3) is 16.4 Å². The molecule has 0 N–H and O–H groups in total. The molecular formula is C15H13N5S. The van der Waals surface area contributed by atoms with E-state index in [0.29, 0.717) is 11.4 Å². The summed E-state index contributed by atoms with van der Waals surface area (Å²) in [6.07, 6.45) is 0. The molecule has 0 bridgehead atoms. The van der Waals surface area contributed by atoms with Gasteiger partial charge in [-0.3, -0.25) is 0 Å². The van der Waals surface area contributed by atoms with Gasteiger partial charge in [-0.1, -0.05) is 40.8 Å². The van der Waals surface area contributed by atoms with E-state index in [1.54, 1.807) is 16.0 Å². The van der Waals surface area contributed by atoms with Gasteiger partial charge in [0.1, 0.15) is 11.8 Å². The van der Waals surface area contributed by atoms with Crippen molar-refractivity contribution in [1.29, 1.82) is 5.26 Å². The molecule has 2 heterocycles. The van der Waals surface area contributed by atoms with Crippen molar-refractivity contribution in [1.82, 2.24) is 20.0 Å². The molecule has 104 valence electrons. The van der Waals surface area contributed by atoms with Gasteiger partial charge in [0, 0.05) is 10.4 Å². The number of nitriles is 1. The standard InChI is InChI=1S/C15H13N5S/c1-9-6-4-5-7-12(9)14-13(8-16)18-19-20(14)15-17-10(2)11(3)21-15/h4-7H,1-3H3. The first-order chi connectivity index (χ1) is 10.1. The highest BCUT2D eigenvalue weighted by molar-refractivity contribution is 7.14. The molecule has 0 aliphatic heterocycles. The van der Waals surface area contributed by atoms with E-state index in [9.17, 15) is 5.26 Å². The predicted molar refractivity (Wildman–Crippen MR) is 81.4 cm³/mol. The highest BCUT2D eigenvalue weighted by atomic mass is 32.1.